The summed E-state index contributed by atoms with van der Waals surface area (Å²) in [5.74, 6) is 1.30. The highest BCUT2D eigenvalue weighted by atomic mass is 16.5. The van der Waals surface area contributed by atoms with Crippen LogP contribution in [0, 0.1) is 11.3 Å². The van der Waals surface area contributed by atoms with Crippen molar-refractivity contribution in [3.8, 4) is 17.6 Å². The first-order valence-corrected chi connectivity index (χ1v) is 7.23. The Balaban J connectivity index is 1.88. The molecule has 21 heavy (non-hydrogen) atoms. The van der Waals surface area contributed by atoms with Crippen LogP contribution in [0.4, 0.5) is 0 Å². The molecule has 0 heterocycles. The van der Waals surface area contributed by atoms with E-state index in [0.29, 0.717) is 16.9 Å². The normalized spacial score (nSPS) is 13.3. The van der Waals surface area contributed by atoms with Crippen molar-refractivity contribution >= 4 is 0 Å². The summed E-state index contributed by atoms with van der Waals surface area (Å²) in [5, 5.41) is 18.3. The van der Waals surface area contributed by atoms with Crippen molar-refractivity contribution in [3.05, 3.63) is 58.7 Å². The van der Waals surface area contributed by atoms with E-state index in [0.717, 1.165) is 18.6 Å². The van der Waals surface area contributed by atoms with Gasteiger partial charge >= 0.3 is 0 Å². The summed E-state index contributed by atoms with van der Waals surface area (Å²) < 4.78 is 5.86. The lowest BCUT2D eigenvalue weighted by molar-refractivity contribution is 0.281. The highest BCUT2D eigenvalue weighted by Crippen LogP contribution is 2.30. The Labute approximate surface area is 124 Å². The number of hydrogen-bond donors (Lipinski definition) is 1. The number of fused-ring (bicyclic) bond motifs is 1. The Bertz CT molecular complexity index is 701. The molecule has 106 valence electrons. The van der Waals surface area contributed by atoms with E-state index < -0.39 is 0 Å². The molecule has 0 fully saturated rings. The van der Waals surface area contributed by atoms with Crippen LogP contribution >= 0.6 is 0 Å². The van der Waals surface area contributed by atoms with Gasteiger partial charge < -0.3 is 9.84 Å². The topological polar surface area (TPSA) is 53.2 Å². The number of aryl methyl sites for hydroxylation is 2. The van der Waals surface area contributed by atoms with Gasteiger partial charge in [-0.2, -0.15) is 5.26 Å². The Hall–Kier alpha value is -2.31. The number of benzene rings is 2. The van der Waals surface area contributed by atoms with Crippen LogP contribution in [-0.2, 0) is 19.4 Å². The average Bonchev–Trinajstić information content (AvgIpc) is 2.55. The molecule has 2 aromatic carbocycles. The first-order valence-electron chi connectivity index (χ1n) is 7.23. The molecule has 0 bridgehead atoms. The average molecular weight is 279 g/mol. The van der Waals surface area contributed by atoms with E-state index in [4.69, 9.17) is 9.84 Å². The van der Waals surface area contributed by atoms with Gasteiger partial charge in [-0.15, -0.1) is 0 Å². The van der Waals surface area contributed by atoms with E-state index in [1.54, 1.807) is 18.2 Å². The third kappa shape index (κ3) is 2.91. The fraction of sp³-hybridized carbons (Fsp3) is 0.278. The van der Waals surface area contributed by atoms with Gasteiger partial charge in [0, 0.05) is 0 Å². The van der Waals surface area contributed by atoms with Gasteiger partial charge in [0.1, 0.15) is 17.6 Å². The molecule has 0 saturated carbocycles. The molecule has 0 saturated heterocycles. The van der Waals surface area contributed by atoms with E-state index in [1.165, 1.54) is 24.0 Å². The molecule has 0 aromatic heterocycles. The van der Waals surface area contributed by atoms with Gasteiger partial charge in [0.2, 0.25) is 0 Å². The summed E-state index contributed by atoms with van der Waals surface area (Å²) in [5.41, 5.74) is 3.91. The summed E-state index contributed by atoms with van der Waals surface area (Å²) in [6, 6.07) is 13.5. The SMILES string of the molecule is N#Cc1cc(CO)ccc1Oc1ccc2c(c1)CCCC2. The number of nitrogens with zero attached hydrogens (tertiary/aromatic N) is 1. The van der Waals surface area contributed by atoms with E-state index >= 15 is 0 Å². The fourth-order valence-corrected chi connectivity index (χ4v) is 2.75. The zero-order valence-corrected chi connectivity index (χ0v) is 11.8. The molecule has 0 unspecified atom stereocenters. The number of aliphatic hydroxyl groups excluding tert-OH is 1. The Kier molecular flexibility index (Phi) is 3.89. The molecule has 0 atom stereocenters. The molecule has 3 heteroatoms. The minimum Gasteiger partial charge on any atom is -0.456 e. The quantitative estimate of drug-likeness (QED) is 0.931. The lowest BCUT2D eigenvalue weighted by Gasteiger charge is -2.17. The second-order valence-electron chi connectivity index (χ2n) is 5.34. The fourth-order valence-electron chi connectivity index (χ4n) is 2.75. The first kappa shape index (κ1) is 13.7. The Morgan fingerprint density at radius 2 is 1.86 bits per heavy atom. The molecular weight excluding hydrogens is 262 g/mol. The number of hydrogen-bond acceptors (Lipinski definition) is 3. The van der Waals surface area contributed by atoms with Crippen molar-refractivity contribution in [3.63, 3.8) is 0 Å². The Morgan fingerprint density at radius 1 is 1.05 bits per heavy atom. The highest BCUT2D eigenvalue weighted by molar-refractivity contribution is 5.48. The minimum atomic E-state index is -0.0756. The Morgan fingerprint density at radius 3 is 2.62 bits per heavy atom. The first-order chi connectivity index (χ1) is 10.3. The monoisotopic (exact) mass is 279 g/mol. The second-order valence-corrected chi connectivity index (χ2v) is 5.34. The summed E-state index contributed by atoms with van der Waals surface area (Å²) in [7, 11) is 0. The van der Waals surface area contributed by atoms with Crippen LogP contribution in [0.25, 0.3) is 0 Å². The van der Waals surface area contributed by atoms with Crippen molar-refractivity contribution in [1.29, 1.82) is 5.26 Å². The molecule has 1 aliphatic rings. The van der Waals surface area contributed by atoms with Crippen molar-refractivity contribution in [1.82, 2.24) is 0 Å². The maximum absolute atomic E-state index is 9.20. The van der Waals surface area contributed by atoms with Gasteiger partial charge in [0.15, 0.2) is 0 Å². The summed E-state index contributed by atoms with van der Waals surface area (Å²) >= 11 is 0. The molecule has 0 spiro atoms. The van der Waals surface area contributed by atoms with E-state index in [-0.39, 0.29) is 6.61 Å². The smallest absolute Gasteiger partial charge is 0.145 e. The molecule has 0 aliphatic heterocycles. The maximum Gasteiger partial charge on any atom is 0.145 e. The van der Waals surface area contributed by atoms with Gasteiger partial charge in [0.05, 0.1) is 12.2 Å². The van der Waals surface area contributed by atoms with E-state index in [9.17, 15) is 5.26 Å². The molecule has 0 amide bonds. The summed E-state index contributed by atoms with van der Waals surface area (Å²) in [4.78, 5) is 0. The zero-order valence-electron chi connectivity index (χ0n) is 11.8. The van der Waals surface area contributed by atoms with Crippen LogP contribution in [0.15, 0.2) is 36.4 Å². The van der Waals surface area contributed by atoms with Gasteiger partial charge in [-0.3, -0.25) is 0 Å². The number of ether oxygens (including phenoxy) is 1. The number of rotatable bonds is 3. The molecular formula is C18H17NO2. The summed E-state index contributed by atoms with van der Waals surface area (Å²) in [6.07, 6.45) is 4.73. The molecule has 3 rings (SSSR count). The van der Waals surface area contributed by atoms with E-state index in [1.807, 2.05) is 6.07 Å². The summed E-state index contributed by atoms with van der Waals surface area (Å²) in [6.45, 7) is -0.0756. The number of nitriles is 1. The lowest BCUT2D eigenvalue weighted by atomic mass is 9.92. The van der Waals surface area contributed by atoms with Crippen molar-refractivity contribution in [2.24, 2.45) is 0 Å². The minimum absolute atomic E-state index is 0.0756. The number of aliphatic hydroxyl groups is 1. The predicted octanol–water partition coefficient (Wildman–Crippen LogP) is 3.72. The van der Waals surface area contributed by atoms with E-state index in [2.05, 4.69) is 18.2 Å². The molecule has 0 radical (unpaired) electrons. The van der Waals surface area contributed by atoms with Gasteiger partial charge in [-0.05, 0) is 66.6 Å². The lowest BCUT2D eigenvalue weighted by Crippen LogP contribution is -2.02. The predicted molar refractivity (Wildman–Crippen MR) is 80.2 cm³/mol. The third-order valence-corrected chi connectivity index (χ3v) is 3.89. The van der Waals surface area contributed by atoms with Gasteiger partial charge in [-0.25, -0.2) is 0 Å². The van der Waals surface area contributed by atoms with Crippen LogP contribution in [0.5, 0.6) is 11.5 Å². The molecule has 3 nitrogen and oxygen atoms in total. The highest BCUT2D eigenvalue weighted by Gasteiger charge is 2.11. The van der Waals surface area contributed by atoms with Crippen molar-refractivity contribution in [2.75, 3.05) is 0 Å². The molecule has 2 aromatic rings. The molecule has 1 aliphatic carbocycles. The maximum atomic E-state index is 9.20. The zero-order chi connectivity index (χ0) is 14.7. The third-order valence-electron chi connectivity index (χ3n) is 3.89. The molecule has 1 N–H and O–H groups in total. The van der Waals surface area contributed by atoms with Crippen LogP contribution in [-0.4, -0.2) is 5.11 Å². The second kappa shape index (κ2) is 5.99. The van der Waals surface area contributed by atoms with Crippen LogP contribution in [0.1, 0.15) is 35.1 Å². The van der Waals surface area contributed by atoms with Crippen molar-refractivity contribution < 1.29 is 9.84 Å². The van der Waals surface area contributed by atoms with Crippen LogP contribution < -0.4 is 4.74 Å². The van der Waals surface area contributed by atoms with Crippen molar-refractivity contribution in [2.45, 2.75) is 32.3 Å². The van der Waals surface area contributed by atoms with Crippen LogP contribution in [0.2, 0.25) is 0 Å². The van der Waals surface area contributed by atoms with Gasteiger partial charge in [-0.1, -0.05) is 12.1 Å². The largest absolute Gasteiger partial charge is 0.456 e. The standard InChI is InChI=1S/C18H17NO2/c19-11-16-9-13(12-20)5-8-18(16)21-17-7-6-14-3-1-2-4-15(14)10-17/h5-10,20H,1-4,12H2. The van der Waals surface area contributed by atoms with Crippen LogP contribution in [0.3, 0.4) is 0 Å². The van der Waals surface area contributed by atoms with Gasteiger partial charge in [0.25, 0.3) is 0 Å².